The van der Waals surface area contributed by atoms with E-state index in [1.807, 2.05) is 6.92 Å². The maximum Gasteiger partial charge on any atom is 0.260 e. The molecule has 0 bridgehead atoms. The number of fused-ring (bicyclic) bond motifs is 1. The van der Waals surface area contributed by atoms with Crippen LogP contribution >= 0.6 is 0 Å². The third-order valence-corrected chi connectivity index (χ3v) is 5.69. The molecule has 0 radical (unpaired) electrons. The minimum Gasteiger partial charge on any atom is -0.377 e. The lowest BCUT2D eigenvalue weighted by Gasteiger charge is -2.42. The molecule has 1 aromatic rings. The Balaban J connectivity index is 1.46. The summed E-state index contributed by atoms with van der Waals surface area (Å²) in [6.07, 6.45) is 4.71. The van der Waals surface area contributed by atoms with Gasteiger partial charge in [0.2, 0.25) is 5.91 Å². The molecule has 26 heavy (non-hydrogen) atoms. The van der Waals surface area contributed by atoms with Crippen molar-refractivity contribution in [2.75, 3.05) is 19.7 Å². The molecule has 140 valence electrons. The first-order chi connectivity index (χ1) is 12.4. The van der Waals surface area contributed by atoms with E-state index in [9.17, 15) is 14.0 Å². The second-order valence-corrected chi connectivity index (χ2v) is 7.58. The lowest BCUT2D eigenvalue weighted by Crippen LogP contribution is -2.59. The van der Waals surface area contributed by atoms with Crippen LogP contribution in [0.2, 0.25) is 0 Å². The van der Waals surface area contributed by atoms with E-state index >= 15 is 0 Å². The Hall–Kier alpha value is -2.09. The van der Waals surface area contributed by atoms with E-state index < -0.39 is 17.0 Å². The summed E-state index contributed by atoms with van der Waals surface area (Å²) >= 11 is 0. The number of ether oxygens (including phenoxy) is 1. The molecule has 1 N–H and O–H groups in total. The number of nitrogens with zero attached hydrogens (tertiary/aromatic N) is 3. The summed E-state index contributed by atoms with van der Waals surface area (Å²) in [4.78, 5) is 35.3. The molecular formula is C18H23FN4O3. The molecule has 0 spiro atoms. The van der Waals surface area contributed by atoms with Crippen LogP contribution in [0.1, 0.15) is 37.1 Å². The predicted molar refractivity (Wildman–Crippen MR) is 89.7 cm³/mol. The summed E-state index contributed by atoms with van der Waals surface area (Å²) < 4.78 is 20.0. The van der Waals surface area contributed by atoms with Gasteiger partial charge in [0, 0.05) is 25.9 Å². The summed E-state index contributed by atoms with van der Waals surface area (Å²) in [5.74, 6) is -0.636. The number of aromatic nitrogens is 2. The fourth-order valence-electron chi connectivity index (χ4n) is 3.91. The average Bonchev–Trinajstić information content (AvgIpc) is 3.25. The molecule has 4 rings (SSSR count). The van der Waals surface area contributed by atoms with Crippen molar-refractivity contribution in [3.8, 4) is 0 Å². The molecule has 1 aliphatic carbocycles. The Labute approximate surface area is 151 Å². The maximum absolute atomic E-state index is 14.2. The summed E-state index contributed by atoms with van der Waals surface area (Å²) in [6.45, 7) is 3.24. The van der Waals surface area contributed by atoms with Crippen molar-refractivity contribution in [2.45, 2.75) is 50.9 Å². The van der Waals surface area contributed by atoms with Crippen LogP contribution in [0.15, 0.2) is 12.4 Å². The fraction of sp³-hybridized carbons (Fsp3) is 0.667. The summed E-state index contributed by atoms with van der Waals surface area (Å²) in [5.41, 5.74) is -1.04. The van der Waals surface area contributed by atoms with E-state index in [2.05, 4.69) is 15.3 Å². The average molecular weight is 362 g/mol. The first kappa shape index (κ1) is 17.3. The summed E-state index contributed by atoms with van der Waals surface area (Å²) in [5, 5.41) is 2.91. The number of hydrogen-bond acceptors (Lipinski definition) is 5. The number of carbonyl (C=O) groups excluding carboxylic acids is 2. The molecule has 0 unspecified atom stereocenters. The SMILES string of the molecule is Cc1cnc(CNC(=O)[C@@]23CCO[C@@H]2CCN(C(=O)C2(F)CC2)C3)cn1. The van der Waals surface area contributed by atoms with Crippen molar-refractivity contribution >= 4 is 11.8 Å². The van der Waals surface area contributed by atoms with Gasteiger partial charge in [0.1, 0.15) is 0 Å². The number of rotatable bonds is 4. The second-order valence-electron chi connectivity index (χ2n) is 7.58. The van der Waals surface area contributed by atoms with Gasteiger partial charge >= 0.3 is 0 Å². The standard InChI is InChI=1S/C18H23FN4O3/c1-12-8-21-13(9-20-12)10-22-15(24)17-5-7-26-14(17)2-6-23(11-17)16(25)18(19)3-4-18/h8-9,14H,2-7,10-11H2,1H3,(H,22,24)/t14-,17-/m1/s1. The third-order valence-electron chi connectivity index (χ3n) is 5.69. The zero-order valence-corrected chi connectivity index (χ0v) is 14.8. The number of aryl methyl sites for hydroxylation is 1. The molecule has 3 fully saturated rings. The largest absolute Gasteiger partial charge is 0.377 e. The second kappa shape index (κ2) is 6.26. The molecule has 8 heteroatoms. The lowest BCUT2D eigenvalue weighted by molar-refractivity contribution is -0.150. The zero-order chi connectivity index (χ0) is 18.4. The molecule has 2 aliphatic heterocycles. The Bertz CT molecular complexity index is 722. The van der Waals surface area contributed by atoms with Crippen LogP contribution in [0, 0.1) is 12.3 Å². The van der Waals surface area contributed by atoms with Crippen LogP contribution in [-0.4, -0.2) is 58.2 Å². The molecule has 3 heterocycles. The maximum atomic E-state index is 14.2. The van der Waals surface area contributed by atoms with Crippen LogP contribution in [0.4, 0.5) is 4.39 Å². The van der Waals surface area contributed by atoms with Gasteiger partial charge < -0.3 is 15.0 Å². The van der Waals surface area contributed by atoms with Gasteiger partial charge in [-0.15, -0.1) is 0 Å². The third kappa shape index (κ3) is 2.96. The molecular weight excluding hydrogens is 339 g/mol. The van der Waals surface area contributed by atoms with Crippen molar-refractivity contribution in [1.29, 1.82) is 0 Å². The number of hydrogen-bond donors (Lipinski definition) is 1. The van der Waals surface area contributed by atoms with E-state index in [4.69, 9.17) is 4.74 Å². The van der Waals surface area contributed by atoms with E-state index in [-0.39, 0.29) is 37.9 Å². The summed E-state index contributed by atoms with van der Waals surface area (Å²) in [6, 6.07) is 0. The lowest BCUT2D eigenvalue weighted by atomic mass is 9.75. The number of piperidine rings is 1. The van der Waals surface area contributed by atoms with Crippen LogP contribution in [-0.2, 0) is 20.9 Å². The van der Waals surface area contributed by atoms with Crippen molar-refractivity contribution in [1.82, 2.24) is 20.2 Å². The number of alkyl halides is 1. The summed E-state index contributed by atoms with van der Waals surface area (Å²) in [7, 11) is 0. The van der Waals surface area contributed by atoms with Gasteiger partial charge in [-0.05, 0) is 32.6 Å². The number of amides is 2. The molecule has 7 nitrogen and oxygen atoms in total. The zero-order valence-electron chi connectivity index (χ0n) is 14.8. The highest BCUT2D eigenvalue weighted by Gasteiger charge is 2.58. The molecule has 1 saturated carbocycles. The normalized spacial score (nSPS) is 29.2. The van der Waals surface area contributed by atoms with Crippen LogP contribution < -0.4 is 5.32 Å². The first-order valence-corrected chi connectivity index (χ1v) is 9.09. The smallest absolute Gasteiger partial charge is 0.260 e. The van der Waals surface area contributed by atoms with Crippen LogP contribution in [0.25, 0.3) is 0 Å². The van der Waals surface area contributed by atoms with E-state index in [0.29, 0.717) is 31.7 Å². The predicted octanol–water partition coefficient (Wildman–Crippen LogP) is 0.911. The van der Waals surface area contributed by atoms with Crippen molar-refractivity contribution < 1.29 is 18.7 Å². The van der Waals surface area contributed by atoms with E-state index in [0.717, 1.165) is 5.69 Å². The highest BCUT2D eigenvalue weighted by Crippen LogP contribution is 2.45. The quantitative estimate of drug-likeness (QED) is 0.861. The van der Waals surface area contributed by atoms with Crippen LogP contribution in [0.3, 0.4) is 0 Å². The molecule has 2 amide bonds. The fourth-order valence-corrected chi connectivity index (χ4v) is 3.91. The molecule has 3 aliphatic rings. The van der Waals surface area contributed by atoms with Gasteiger partial charge in [0.05, 0.1) is 35.6 Å². The topological polar surface area (TPSA) is 84.4 Å². The van der Waals surface area contributed by atoms with E-state index in [1.165, 1.54) is 4.90 Å². The minimum absolute atomic E-state index is 0.163. The molecule has 0 aromatic carbocycles. The number of carbonyl (C=O) groups is 2. The monoisotopic (exact) mass is 362 g/mol. The van der Waals surface area contributed by atoms with Gasteiger partial charge in [-0.2, -0.15) is 0 Å². The Kier molecular flexibility index (Phi) is 4.17. The Morgan fingerprint density at radius 2 is 2.15 bits per heavy atom. The Morgan fingerprint density at radius 1 is 1.35 bits per heavy atom. The molecule has 2 saturated heterocycles. The van der Waals surface area contributed by atoms with Crippen molar-refractivity contribution in [3.63, 3.8) is 0 Å². The molecule has 2 atom stereocenters. The van der Waals surface area contributed by atoms with Gasteiger partial charge in [-0.1, -0.05) is 0 Å². The molecule has 1 aromatic heterocycles. The number of halogens is 1. The minimum atomic E-state index is -1.71. The number of likely N-dealkylation sites (tertiary alicyclic amines) is 1. The van der Waals surface area contributed by atoms with Gasteiger partial charge in [-0.25, -0.2) is 4.39 Å². The first-order valence-electron chi connectivity index (χ1n) is 9.09. The van der Waals surface area contributed by atoms with Crippen molar-refractivity contribution in [3.05, 3.63) is 23.8 Å². The Morgan fingerprint density at radius 3 is 2.85 bits per heavy atom. The van der Waals surface area contributed by atoms with Gasteiger partial charge in [0.25, 0.3) is 5.91 Å². The van der Waals surface area contributed by atoms with E-state index in [1.54, 1.807) is 12.4 Å². The van der Waals surface area contributed by atoms with Gasteiger partial charge in [-0.3, -0.25) is 19.6 Å². The van der Waals surface area contributed by atoms with Gasteiger partial charge in [0.15, 0.2) is 5.67 Å². The highest BCUT2D eigenvalue weighted by molar-refractivity contribution is 5.90. The van der Waals surface area contributed by atoms with Crippen molar-refractivity contribution in [2.24, 2.45) is 5.41 Å². The van der Waals surface area contributed by atoms with Crippen LogP contribution in [0.5, 0.6) is 0 Å². The highest BCUT2D eigenvalue weighted by atomic mass is 19.1. The number of nitrogens with one attached hydrogen (secondary N) is 1.